The molecule has 1 aromatic rings. The number of hydrogen-bond donors (Lipinski definition) is 2. The number of amides is 1. The van der Waals surface area contributed by atoms with Gasteiger partial charge in [0.2, 0.25) is 0 Å². The van der Waals surface area contributed by atoms with E-state index in [1.165, 1.54) is 6.07 Å². The third-order valence-electron chi connectivity index (χ3n) is 4.82. The summed E-state index contributed by atoms with van der Waals surface area (Å²) in [7, 11) is 0. The molecule has 0 radical (unpaired) electrons. The van der Waals surface area contributed by atoms with E-state index in [0.29, 0.717) is 25.1 Å². The first kappa shape index (κ1) is 16.9. The summed E-state index contributed by atoms with van der Waals surface area (Å²) >= 11 is 0. The second kappa shape index (κ2) is 7.32. The molecule has 130 valence electrons. The fourth-order valence-electron chi connectivity index (χ4n) is 3.48. The minimum atomic E-state index is -0.695. The van der Waals surface area contributed by atoms with Crippen LogP contribution >= 0.6 is 0 Å². The zero-order valence-corrected chi connectivity index (χ0v) is 13.8. The van der Waals surface area contributed by atoms with E-state index in [1.807, 2.05) is 0 Å². The monoisotopic (exact) mass is 334 g/mol. The van der Waals surface area contributed by atoms with E-state index in [9.17, 15) is 9.18 Å². The second-order valence-electron chi connectivity index (χ2n) is 6.37. The van der Waals surface area contributed by atoms with E-state index >= 15 is 0 Å². The Hall–Kier alpha value is -1.92. The van der Waals surface area contributed by atoms with Crippen LogP contribution in [-0.2, 0) is 17.7 Å². The average molecular weight is 334 g/mol. The molecule has 0 aliphatic carbocycles. The number of allylic oxidation sites excluding steroid dienone is 1. The largest absolute Gasteiger partial charge is 0.497 e. The number of carbonyl (C=O) groups is 1. The summed E-state index contributed by atoms with van der Waals surface area (Å²) < 4.78 is 20.1. The maximum absolute atomic E-state index is 14.4. The number of benzene rings is 1. The molecule has 2 heterocycles. The summed E-state index contributed by atoms with van der Waals surface area (Å²) in [5, 5.41) is 8.78. The lowest BCUT2D eigenvalue weighted by Gasteiger charge is -2.37. The quantitative estimate of drug-likeness (QED) is 0.656. The molecule has 1 amide bonds. The van der Waals surface area contributed by atoms with Crippen molar-refractivity contribution in [3.8, 4) is 0 Å². The molecule has 0 aromatic heterocycles. The van der Waals surface area contributed by atoms with E-state index in [4.69, 9.17) is 9.94 Å². The molecule has 0 spiro atoms. The lowest BCUT2D eigenvalue weighted by molar-refractivity contribution is 0.0705. The van der Waals surface area contributed by atoms with Crippen LogP contribution in [0.4, 0.5) is 4.39 Å². The van der Waals surface area contributed by atoms with Crippen molar-refractivity contribution in [1.29, 1.82) is 0 Å². The van der Waals surface area contributed by atoms with Crippen LogP contribution < -0.4 is 5.48 Å². The van der Waals surface area contributed by atoms with E-state index in [2.05, 4.69) is 17.9 Å². The Labute approximate surface area is 141 Å². The van der Waals surface area contributed by atoms with Crippen molar-refractivity contribution in [2.45, 2.75) is 45.2 Å². The first-order valence-corrected chi connectivity index (χ1v) is 8.44. The number of hydroxylamine groups is 1. The Morgan fingerprint density at radius 2 is 2.33 bits per heavy atom. The molecule has 0 bridgehead atoms. The van der Waals surface area contributed by atoms with Gasteiger partial charge < -0.3 is 4.74 Å². The summed E-state index contributed by atoms with van der Waals surface area (Å²) in [5.74, 6) is -0.0932. The van der Waals surface area contributed by atoms with Crippen LogP contribution in [-0.4, -0.2) is 35.2 Å². The van der Waals surface area contributed by atoms with Crippen molar-refractivity contribution in [3.05, 3.63) is 46.5 Å². The van der Waals surface area contributed by atoms with Gasteiger partial charge in [0.1, 0.15) is 11.6 Å². The second-order valence-corrected chi connectivity index (χ2v) is 6.37. The summed E-state index contributed by atoms with van der Waals surface area (Å²) in [5.41, 5.74) is 3.17. The van der Waals surface area contributed by atoms with Crippen LogP contribution in [0.1, 0.15) is 47.7 Å². The van der Waals surface area contributed by atoms with Crippen LogP contribution in [0.15, 0.2) is 24.0 Å². The highest BCUT2D eigenvalue weighted by atomic mass is 19.1. The van der Waals surface area contributed by atoms with Gasteiger partial charge in [-0.1, -0.05) is 6.92 Å². The van der Waals surface area contributed by atoms with Gasteiger partial charge in [0, 0.05) is 18.2 Å². The molecule has 0 fully saturated rings. The Morgan fingerprint density at radius 3 is 3.00 bits per heavy atom. The Bertz CT molecular complexity index is 660. The summed E-state index contributed by atoms with van der Waals surface area (Å²) in [6, 6.07) is 3.11. The maximum Gasteiger partial charge on any atom is 0.274 e. The molecular formula is C18H23FN2O3. The van der Waals surface area contributed by atoms with Crippen LogP contribution in [0, 0.1) is 5.82 Å². The predicted octanol–water partition coefficient (Wildman–Crippen LogP) is 2.78. The van der Waals surface area contributed by atoms with Crippen LogP contribution in [0.3, 0.4) is 0 Å². The van der Waals surface area contributed by atoms with Crippen LogP contribution in [0.25, 0.3) is 0 Å². The Balaban J connectivity index is 1.86. The average Bonchev–Trinajstić information content (AvgIpc) is 2.61. The number of halogens is 1. The molecule has 5 nitrogen and oxygen atoms in total. The molecule has 6 heteroatoms. The van der Waals surface area contributed by atoms with Crippen molar-refractivity contribution in [1.82, 2.24) is 10.4 Å². The molecule has 0 saturated carbocycles. The molecule has 3 rings (SSSR count). The van der Waals surface area contributed by atoms with Gasteiger partial charge in [0.15, 0.2) is 0 Å². The van der Waals surface area contributed by atoms with E-state index in [0.717, 1.165) is 37.2 Å². The lowest BCUT2D eigenvalue weighted by Crippen LogP contribution is -2.42. The van der Waals surface area contributed by atoms with Crippen molar-refractivity contribution >= 4 is 5.91 Å². The highest BCUT2D eigenvalue weighted by Gasteiger charge is 2.29. The zero-order valence-electron chi connectivity index (χ0n) is 13.8. The van der Waals surface area contributed by atoms with Gasteiger partial charge >= 0.3 is 0 Å². The number of nitrogens with one attached hydrogen (secondary N) is 1. The fourth-order valence-corrected chi connectivity index (χ4v) is 3.48. The predicted molar refractivity (Wildman–Crippen MR) is 87.1 cm³/mol. The first-order valence-electron chi connectivity index (χ1n) is 8.44. The number of ether oxygens (including phenoxy) is 1. The maximum atomic E-state index is 14.4. The number of fused-ring (bicyclic) bond motifs is 1. The highest BCUT2D eigenvalue weighted by Crippen LogP contribution is 2.29. The van der Waals surface area contributed by atoms with Crippen LogP contribution in [0.5, 0.6) is 0 Å². The van der Waals surface area contributed by atoms with Crippen molar-refractivity contribution in [3.63, 3.8) is 0 Å². The molecule has 2 aliphatic heterocycles. The van der Waals surface area contributed by atoms with Crippen molar-refractivity contribution in [2.75, 3.05) is 13.2 Å². The van der Waals surface area contributed by atoms with E-state index in [-0.39, 0.29) is 17.4 Å². The van der Waals surface area contributed by atoms with Gasteiger partial charge in [0.05, 0.1) is 13.2 Å². The minimum absolute atomic E-state index is 0.136. The topological polar surface area (TPSA) is 61.8 Å². The SMILES string of the molecule is CC[C@H]1Cc2c(F)cc(C(=O)NO)cc2CN1CC1=CCCCO1. The first-order chi connectivity index (χ1) is 11.6. The van der Waals surface area contributed by atoms with Crippen molar-refractivity contribution in [2.24, 2.45) is 0 Å². The summed E-state index contributed by atoms with van der Waals surface area (Å²) in [6.07, 6.45) is 5.75. The van der Waals surface area contributed by atoms with E-state index in [1.54, 1.807) is 11.5 Å². The van der Waals surface area contributed by atoms with Gasteiger partial charge in [-0.15, -0.1) is 0 Å². The molecule has 1 atom stereocenters. The number of carbonyl (C=O) groups excluding carboxylic acids is 1. The zero-order chi connectivity index (χ0) is 17.1. The van der Waals surface area contributed by atoms with Gasteiger partial charge in [-0.05, 0) is 55.0 Å². The number of hydrogen-bond acceptors (Lipinski definition) is 4. The third kappa shape index (κ3) is 3.44. The lowest BCUT2D eigenvalue weighted by atomic mass is 9.90. The third-order valence-corrected chi connectivity index (χ3v) is 4.82. The summed E-state index contributed by atoms with van der Waals surface area (Å²) in [4.78, 5) is 13.9. The van der Waals surface area contributed by atoms with Gasteiger partial charge in [-0.3, -0.25) is 14.9 Å². The standard InChI is InChI=1S/C18H23FN2O3/c1-2-14-9-16-13(7-12(8-17(16)19)18(22)20-23)10-21(14)11-15-5-3-4-6-24-15/h5,7-8,14,23H,2-4,6,9-11H2,1H3,(H,20,22)/t14-/m0/s1. The number of nitrogens with zero attached hydrogens (tertiary/aromatic N) is 1. The highest BCUT2D eigenvalue weighted by molar-refractivity contribution is 5.93. The molecular weight excluding hydrogens is 311 g/mol. The minimum Gasteiger partial charge on any atom is -0.497 e. The Morgan fingerprint density at radius 1 is 1.50 bits per heavy atom. The van der Waals surface area contributed by atoms with Crippen LogP contribution in [0.2, 0.25) is 0 Å². The van der Waals surface area contributed by atoms with E-state index < -0.39 is 5.91 Å². The fraction of sp³-hybridized carbons (Fsp3) is 0.500. The molecule has 0 unspecified atom stereocenters. The normalized spacial score (nSPS) is 20.8. The Kier molecular flexibility index (Phi) is 5.16. The number of rotatable bonds is 4. The van der Waals surface area contributed by atoms with Gasteiger partial charge in [0.25, 0.3) is 5.91 Å². The molecule has 24 heavy (non-hydrogen) atoms. The molecule has 1 aromatic carbocycles. The smallest absolute Gasteiger partial charge is 0.274 e. The summed E-state index contributed by atoms with van der Waals surface area (Å²) in [6.45, 7) is 4.13. The van der Waals surface area contributed by atoms with Crippen molar-refractivity contribution < 1.29 is 19.1 Å². The molecule has 2 aliphatic rings. The van der Waals surface area contributed by atoms with Gasteiger partial charge in [-0.2, -0.15) is 0 Å². The molecule has 2 N–H and O–H groups in total. The van der Waals surface area contributed by atoms with Gasteiger partial charge in [-0.25, -0.2) is 9.87 Å². The molecule has 0 saturated heterocycles.